The second kappa shape index (κ2) is 8.63. The Morgan fingerprint density at radius 3 is 2.52 bits per heavy atom. The van der Waals surface area contributed by atoms with E-state index in [1.54, 1.807) is 6.20 Å². The van der Waals surface area contributed by atoms with E-state index in [4.69, 9.17) is 11.6 Å². The molecule has 0 atom stereocenters. The number of nitrogens with one attached hydrogen (secondary N) is 2. The highest BCUT2D eigenvalue weighted by Crippen LogP contribution is 2.25. The molecule has 1 fully saturated rings. The van der Waals surface area contributed by atoms with E-state index in [0.717, 1.165) is 43.1 Å². The Kier molecular flexibility index (Phi) is 5.78. The lowest BCUT2D eigenvalue weighted by atomic mass is 10.2. The number of piperazine rings is 1. The van der Waals surface area contributed by atoms with Gasteiger partial charge in [0.2, 0.25) is 5.95 Å². The summed E-state index contributed by atoms with van der Waals surface area (Å²) in [5.74, 6) is 1.67. The molecule has 0 unspecified atom stereocenters. The fraction of sp³-hybridized carbons (Fsp3) is 0.286. The molecule has 150 valence electrons. The SMILES string of the molecule is Cc1cccc(Nc2nc(Nc3ccc(N4CCN(C)CC4)cn3)ncc2Cl)c1. The van der Waals surface area contributed by atoms with Gasteiger partial charge in [-0.3, -0.25) is 0 Å². The summed E-state index contributed by atoms with van der Waals surface area (Å²) >= 11 is 6.27. The van der Waals surface area contributed by atoms with Crippen molar-refractivity contribution in [2.24, 2.45) is 0 Å². The average Bonchev–Trinajstić information content (AvgIpc) is 2.72. The van der Waals surface area contributed by atoms with Crippen molar-refractivity contribution in [1.82, 2.24) is 19.9 Å². The molecule has 0 spiro atoms. The summed E-state index contributed by atoms with van der Waals surface area (Å²) in [4.78, 5) is 18.0. The van der Waals surface area contributed by atoms with Gasteiger partial charge in [-0.1, -0.05) is 23.7 Å². The number of benzene rings is 1. The Morgan fingerprint density at radius 1 is 0.966 bits per heavy atom. The van der Waals surface area contributed by atoms with Gasteiger partial charge in [0.15, 0.2) is 5.82 Å². The number of hydrogen-bond acceptors (Lipinski definition) is 7. The summed E-state index contributed by atoms with van der Waals surface area (Å²) in [6.07, 6.45) is 3.46. The summed E-state index contributed by atoms with van der Waals surface area (Å²) in [7, 11) is 2.15. The molecule has 0 bridgehead atoms. The number of pyridine rings is 1. The van der Waals surface area contributed by atoms with Gasteiger partial charge in [0.05, 0.1) is 18.1 Å². The molecule has 1 aromatic carbocycles. The second-order valence-corrected chi connectivity index (χ2v) is 7.61. The minimum atomic E-state index is 0.435. The first-order valence-electron chi connectivity index (χ1n) is 9.59. The first-order chi connectivity index (χ1) is 14.1. The minimum Gasteiger partial charge on any atom is -0.368 e. The predicted octanol–water partition coefficient (Wildman–Crippen LogP) is 4.07. The van der Waals surface area contributed by atoms with E-state index in [0.29, 0.717) is 22.6 Å². The van der Waals surface area contributed by atoms with Gasteiger partial charge < -0.3 is 20.4 Å². The maximum absolute atomic E-state index is 6.27. The van der Waals surface area contributed by atoms with Crippen LogP contribution in [0.1, 0.15) is 5.56 Å². The number of anilines is 5. The fourth-order valence-corrected chi connectivity index (χ4v) is 3.34. The van der Waals surface area contributed by atoms with Gasteiger partial charge in [0.1, 0.15) is 10.8 Å². The molecule has 3 heterocycles. The Morgan fingerprint density at radius 2 is 1.79 bits per heavy atom. The highest BCUT2D eigenvalue weighted by Gasteiger charge is 2.14. The van der Waals surface area contributed by atoms with Crippen molar-refractivity contribution in [3.8, 4) is 0 Å². The van der Waals surface area contributed by atoms with Gasteiger partial charge in [0, 0.05) is 31.9 Å². The second-order valence-electron chi connectivity index (χ2n) is 7.20. The van der Waals surface area contributed by atoms with Crippen molar-refractivity contribution in [2.75, 3.05) is 48.8 Å². The summed E-state index contributed by atoms with van der Waals surface area (Å²) in [6, 6.07) is 12.0. The molecule has 0 saturated carbocycles. The van der Waals surface area contributed by atoms with Crippen LogP contribution in [0.3, 0.4) is 0 Å². The van der Waals surface area contributed by atoms with Crippen LogP contribution >= 0.6 is 11.6 Å². The Balaban J connectivity index is 1.45. The monoisotopic (exact) mass is 409 g/mol. The van der Waals surface area contributed by atoms with Gasteiger partial charge in [0.25, 0.3) is 0 Å². The van der Waals surface area contributed by atoms with Crippen LogP contribution in [0.5, 0.6) is 0 Å². The number of rotatable bonds is 5. The van der Waals surface area contributed by atoms with Crippen LogP contribution < -0.4 is 15.5 Å². The van der Waals surface area contributed by atoms with E-state index in [1.165, 1.54) is 0 Å². The lowest BCUT2D eigenvalue weighted by Crippen LogP contribution is -2.44. The molecule has 2 aromatic heterocycles. The van der Waals surface area contributed by atoms with Crippen molar-refractivity contribution in [3.63, 3.8) is 0 Å². The molecular weight excluding hydrogens is 386 g/mol. The van der Waals surface area contributed by atoms with E-state index in [-0.39, 0.29) is 0 Å². The zero-order valence-electron chi connectivity index (χ0n) is 16.6. The van der Waals surface area contributed by atoms with Crippen molar-refractivity contribution in [3.05, 3.63) is 59.4 Å². The zero-order valence-corrected chi connectivity index (χ0v) is 17.3. The third kappa shape index (κ3) is 4.93. The van der Waals surface area contributed by atoms with E-state index >= 15 is 0 Å². The summed E-state index contributed by atoms with van der Waals surface area (Å²) in [5.41, 5.74) is 3.21. The van der Waals surface area contributed by atoms with Gasteiger partial charge in [-0.05, 0) is 43.8 Å². The molecule has 0 radical (unpaired) electrons. The van der Waals surface area contributed by atoms with Crippen molar-refractivity contribution >= 4 is 40.6 Å². The Labute approximate surface area is 175 Å². The number of nitrogens with zero attached hydrogens (tertiary/aromatic N) is 5. The molecule has 4 rings (SSSR count). The Hall–Kier alpha value is -2.90. The van der Waals surface area contributed by atoms with E-state index in [2.05, 4.69) is 48.5 Å². The summed E-state index contributed by atoms with van der Waals surface area (Å²) in [6.45, 7) is 6.19. The molecule has 1 aliphatic heterocycles. The number of hydrogen-bond donors (Lipinski definition) is 2. The maximum atomic E-state index is 6.27. The molecule has 1 saturated heterocycles. The summed E-state index contributed by atoms with van der Waals surface area (Å²) < 4.78 is 0. The molecule has 29 heavy (non-hydrogen) atoms. The predicted molar refractivity (Wildman–Crippen MR) is 119 cm³/mol. The van der Waals surface area contributed by atoms with Gasteiger partial charge >= 0.3 is 0 Å². The molecule has 7 nitrogen and oxygen atoms in total. The number of halogens is 1. The molecule has 2 N–H and O–H groups in total. The maximum Gasteiger partial charge on any atom is 0.230 e. The van der Waals surface area contributed by atoms with E-state index in [1.807, 2.05) is 43.5 Å². The Bertz CT molecular complexity index is 969. The van der Waals surface area contributed by atoms with E-state index in [9.17, 15) is 0 Å². The van der Waals surface area contributed by atoms with Crippen LogP contribution in [0.2, 0.25) is 5.02 Å². The fourth-order valence-electron chi connectivity index (χ4n) is 3.20. The standard InChI is InChI=1S/C21H24ClN7/c1-15-4-3-5-16(12-15)25-20-18(22)14-24-21(27-20)26-19-7-6-17(13-23-19)29-10-8-28(2)9-11-29/h3-7,12-14H,8-11H2,1-2H3,(H2,23,24,25,26,27). The molecule has 0 amide bonds. The molecular formula is C21H24ClN7. The van der Waals surface area contributed by atoms with Gasteiger partial charge in [-0.25, -0.2) is 9.97 Å². The third-order valence-electron chi connectivity index (χ3n) is 4.88. The topological polar surface area (TPSA) is 69.2 Å². The highest BCUT2D eigenvalue weighted by atomic mass is 35.5. The van der Waals surface area contributed by atoms with Crippen LogP contribution in [0.4, 0.5) is 29.0 Å². The van der Waals surface area contributed by atoms with Crippen molar-refractivity contribution in [2.45, 2.75) is 6.92 Å². The van der Waals surface area contributed by atoms with Crippen LogP contribution in [-0.2, 0) is 0 Å². The van der Waals surface area contributed by atoms with Crippen LogP contribution in [-0.4, -0.2) is 53.1 Å². The first-order valence-corrected chi connectivity index (χ1v) is 9.97. The largest absolute Gasteiger partial charge is 0.368 e. The van der Waals surface area contributed by atoms with Crippen molar-refractivity contribution < 1.29 is 0 Å². The molecule has 8 heteroatoms. The molecule has 1 aliphatic rings. The van der Waals surface area contributed by atoms with Gasteiger partial charge in [-0.2, -0.15) is 4.98 Å². The van der Waals surface area contributed by atoms with Crippen LogP contribution in [0.25, 0.3) is 0 Å². The average molecular weight is 410 g/mol. The van der Waals surface area contributed by atoms with Crippen LogP contribution in [0.15, 0.2) is 48.8 Å². The van der Waals surface area contributed by atoms with Gasteiger partial charge in [-0.15, -0.1) is 0 Å². The number of aromatic nitrogens is 3. The minimum absolute atomic E-state index is 0.435. The number of aryl methyl sites for hydroxylation is 1. The summed E-state index contributed by atoms with van der Waals surface area (Å²) in [5, 5.41) is 6.84. The van der Waals surface area contributed by atoms with Crippen molar-refractivity contribution in [1.29, 1.82) is 0 Å². The lowest BCUT2D eigenvalue weighted by Gasteiger charge is -2.33. The molecule has 3 aromatic rings. The van der Waals surface area contributed by atoms with E-state index < -0.39 is 0 Å². The zero-order chi connectivity index (χ0) is 20.2. The number of likely N-dealkylation sites (N-methyl/N-ethyl adjacent to an activating group) is 1. The quantitative estimate of drug-likeness (QED) is 0.658. The van der Waals surface area contributed by atoms with Crippen LogP contribution in [0, 0.1) is 6.92 Å². The molecule has 0 aliphatic carbocycles. The smallest absolute Gasteiger partial charge is 0.230 e. The highest BCUT2D eigenvalue weighted by molar-refractivity contribution is 6.32. The first kappa shape index (κ1) is 19.4. The normalized spacial score (nSPS) is 14.7. The lowest BCUT2D eigenvalue weighted by molar-refractivity contribution is 0.313. The third-order valence-corrected chi connectivity index (χ3v) is 5.16.